The smallest absolute Gasteiger partial charge is 0.254 e. The van der Waals surface area contributed by atoms with Gasteiger partial charge in [0.15, 0.2) is 5.78 Å². The number of aromatic nitrogens is 3. The van der Waals surface area contributed by atoms with Gasteiger partial charge in [-0.05, 0) is 144 Å². The van der Waals surface area contributed by atoms with E-state index in [1.807, 2.05) is 17.9 Å². The molecule has 1 unspecified atom stereocenters. The third kappa shape index (κ3) is 17.3. The molecule has 5 atom stereocenters. The summed E-state index contributed by atoms with van der Waals surface area (Å²) in [5.74, 6) is -1.20. The predicted octanol–water partition coefficient (Wildman–Crippen LogP) is 5.56. The SMILES string of the molecule is CN[C@H](C)C(=O)N[C@@H](C(=O)N1CCC[C@@H]1C1=NC(C(=O)c2ccc(F)cc2)CS1)C1CCN(CCOCCOCCOCCOCCC(=O)NCCn2nc3c(c2C#N)-c2cnc(N)c(c2)NCCC[C@@H](C)c2cc(F)ccc2C(=O)N(C2CC2)C3)CC1. The van der Waals surface area contributed by atoms with Gasteiger partial charge in [0.1, 0.15) is 41.3 Å². The lowest BCUT2D eigenvalue weighted by molar-refractivity contribution is -0.138. The molecule has 5 aliphatic rings. The molecule has 3 fully saturated rings. The average molecular weight is 1240 g/mol. The number of carbonyl (C=O) groups excluding carboxylic acids is 5. The molecular weight excluding hydrogens is 1150 g/mol. The van der Waals surface area contributed by atoms with Crippen LogP contribution < -0.4 is 27.0 Å². The maximum Gasteiger partial charge on any atom is 0.254 e. The second kappa shape index (κ2) is 32.0. The van der Waals surface area contributed by atoms with Crippen LogP contribution in [-0.4, -0.2) is 199 Å². The number of Topliss-reactive ketones (excluding diaryl/α,β-unsaturated/α-hetero) is 1. The molecule has 0 spiro atoms. The monoisotopic (exact) mass is 1240 g/mol. The molecule has 22 nitrogen and oxygen atoms in total. The second-order valence-electron chi connectivity index (χ2n) is 23.1. The number of hydrogen-bond acceptors (Lipinski definition) is 18. The third-order valence-corrected chi connectivity index (χ3v) is 18.2. The normalized spacial score (nSPS) is 20.0. The number of halogens is 2. The molecule has 2 saturated heterocycles. The number of carbonyl (C=O) groups is 5. The van der Waals surface area contributed by atoms with E-state index in [9.17, 15) is 38.0 Å². The topological polar surface area (TPSA) is 273 Å². The summed E-state index contributed by atoms with van der Waals surface area (Å²) in [5, 5.41) is 28.6. The molecule has 9 rings (SSSR count). The number of likely N-dealkylation sites (N-methyl/N-ethyl adjacent to an activating group) is 1. The number of piperidine rings is 1. The summed E-state index contributed by atoms with van der Waals surface area (Å²) in [6.45, 7) is 10.4. The fourth-order valence-corrected chi connectivity index (χ4v) is 12.9. The first-order valence-corrected chi connectivity index (χ1v) is 31.9. The van der Waals surface area contributed by atoms with E-state index in [-0.39, 0.29) is 91.7 Å². The standard InChI is InChI=1S/C63H83F2N13O9S/c1-40-6-4-19-69-50-34-44(37-71-59(50)67)56-51(38-77(47-13-14-47)62(82)48-15-12-46(65)35-49(40)48)74-78(54(56)36-66)24-20-70-55(79)18-26-84-28-30-86-32-33-87-31-29-85-27-25-75-22-16-42(17-23-75)57(73-60(81)41(2)68-3)63(83)76-21-5-7-53(76)61-72-52(39-88-61)58(80)43-8-10-45(64)11-9-43/h8-12,15,34-35,37,40-42,47,52-53,57,68-69H,4-7,13-14,16-33,38-39H2,1-3H3,(H2,67,71)(H,70,79)(H,73,81)/t40-,41-,52?,53-,57-/m1/s1. The van der Waals surface area contributed by atoms with Crippen LogP contribution in [0, 0.1) is 28.9 Å². The minimum Gasteiger partial charge on any atom is -0.382 e. The Morgan fingerprint density at radius 3 is 2.28 bits per heavy atom. The van der Waals surface area contributed by atoms with E-state index in [1.54, 1.807) is 35.8 Å². The Bertz CT molecular complexity index is 3130. The average Bonchev–Trinajstić information content (AvgIpc) is 2.05. The van der Waals surface area contributed by atoms with Crippen molar-refractivity contribution in [3.05, 3.63) is 94.4 Å². The maximum absolute atomic E-state index is 14.7. The van der Waals surface area contributed by atoms with Gasteiger partial charge in [0, 0.05) is 72.8 Å². The minimum atomic E-state index is -0.703. The summed E-state index contributed by atoms with van der Waals surface area (Å²) >= 11 is 1.49. The number of ether oxygens (including phenoxy) is 4. The molecule has 2 aromatic carbocycles. The van der Waals surface area contributed by atoms with Crippen molar-refractivity contribution in [1.29, 1.82) is 5.26 Å². The number of anilines is 2. The van der Waals surface area contributed by atoms with E-state index in [1.165, 1.54) is 48.2 Å². The number of amides is 4. The molecule has 6 heterocycles. The molecule has 4 amide bonds. The van der Waals surface area contributed by atoms with Crippen LogP contribution in [0.3, 0.4) is 0 Å². The van der Waals surface area contributed by atoms with Gasteiger partial charge in [-0.2, -0.15) is 10.4 Å². The summed E-state index contributed by atoms with van der Waals surface area (Å²) in [7, 11) is 1.71. The fourth-order valence-electron chi connectivity index (χ4n) is 11.7. The molecule has 1 saturated carbocycles. The van der Waals surface area contributed by atoms with E-state index in [2.05, 4.69) is 37.2 Å². The third-order valence-electron chi connectivity index (χ3n) is 17.0. The number of benzene rings is 2. The van der Waals surface area contributed by atoms with Crippen molar-refractivity contribution < 1.29 is 51.7 Å². The number of ketones is 1. The van der Waals surface area contributed by atoms with Crippen molar-refractivity contribution in [1.82, 2.24) is 45.4 Å². The molecular formula is C63H83F2N13O9S. The van der Waals surface area contributed by atoms with Crippen molar-refractivity contribution in [2.75, 3.05) is 116 Å². The molecule has 4 aromatic rings. The van der Waals surface area contributed by atoms with Crippen molar-refractivity contribution in [2.24, 2.45) is 10.9 Å². The van der Waals surface area contributed by atoms with E-state index >= 15 is 0 Å². The summed E-state index contributed by atoms with van der Waals surface area (Å²) in [4.78, 5) is 83.4. The van der Waals surface area contributed by atoms with Gasteiger partial charge in [0.25, 0.3) is 5.91 Å². The summed E-state index contributed by atoms with van der Waals surface area (Å²) in [6.07, 6.45) is 7.72. The van der Waals surface area contributed by atoms with Crippen LogP contribution in [0.25, 0.3) is 11.1 Å². The number of nitrogens with one attached hydrogen (secondary N) is 4. The lowest BCUT2D eigenvalue weighted by Gasteiger charge is -2.38. The Hall–Kier alpha value is -6.92. The van der Waals surface area contributed by atoms with Crippen LogP contribution in [0.15, 0.2) is 59.7 Å². The lowest BCUT2D eigenvalue weighted by atomic mass is 9.88. The quantitative estimate of drug-likeness (QED) is 0.0361. The number of pyridine rings is 1. The first kappa shape index (κ1) is 65.5. The first-order chi connectivity index (χ1) is 42.7. The maximum atomic E-state index is 14.7. The molecule has 2 aromatic heterocycles. The molecule has 6 N–H and O–H groups in total. The Morgan fingerprint density at radius 2 is 1.58 bits per heavy atom. The van der Waals surface area contributed by atoms with Crippen LogP contribution in [0.1, 0.15) is 115 Å². The van der Waals surface area contributed by atoms with Crippen molar-refractivity contribution in [3.63, 3.8) is 0 Å². The number of rotatable bonds is 27. The van der Waals surface area contributed by atoms with Gasteiger partial charge in [-0.3, -0.25) is 33.6 Å². The van der Waals surface area contributed by atoms with Gasteiger partial charge in [-0.15, -0.1) is 11.8 Å². The predicted molar refractivity (Wildman–Crippen MR) is 330 cm³/mol. The van der Waals surface area contributed by atoms with E-state index in [4.69, 9.17) is 34.8 Å². The Balaban J connectivity index is 0.645. The molecule has 88 heavy (non-hydrogen) atoms. The van der Waals surface area contributed by atoms with Gasteiger partial charge >= 0.3 is 0 Å². The number of likely N-dealkylation sites (tertiary alicyclic amines) is 2. The van der Waals surface area contributed by atoms with E-state index < -0.39 is 29.8 Å². The van der Waals surface area contributed by atoms with Gasteiger partial charge < -0.3 is 60.6 Å². The number of aliphatic imine (C=N–C) groups is 1. The second-order valence-corrected chi connectivity index (χ2v) is 24.1. The van der Waals surface area contributed by atoms with E-state index in [0.29, 0.717) is 123 Å². The summed E-state index contributed by atoms with van der Waals surface area (Å²) in [6, 6.07) is 11.9. The number of nitrogen functional groups attached to an aromatic ring is 1. The largest absolute Gasteiger partial charge is 0.382 e. The van der Waals surface area contributed by atoms with Crippen molar-refractivity contribution in [3.8, 4) is 17.2 Å². The summed E-state index contributed by atoms with van der Waals surface area (Å²) < 4.78 is 52.6. The number of fused-ring (bicyclic) bond motifs is 5. The number of hydrogen-bond donors (Lipinski definition) is 5. The van der Waals surface area contributed by atoms with Gasteiger partial charge in [-0.25, -0.2) is 13.8 Å². The van der Waals surface area contributed by atoms with Gasteiger partial charge in [-0.1, -0.05) is 6.92 Å². The van der Waals surface area contributed by atoms with Crippen LogP contribution in [0.5, 0.6) is 0 Å². The van der Waals surface area contributed by atoms with Crippen LogP contribution in [0.4, 0.5) is 20.3 Å². The highest BCUT2D eigenvalue weighted by Crippen LogP contribution is 2.38. The van der Waals surface area contributed by atoms with Crippen molar-refractivity contribution >= 4 is 57.7 Å². The lowest BCUT2D eigenvalue weighted by Crippen LogP contribution is -2.58. The first-order valence-electron chi connectivity index (χ1n) is 30.9. The van der Waals surface area contributed by atoms with Crippen LogP contribution >= 0.6 is 11.8 Å². The molecule has 474 valence electrons. The molecule has 0 radical (unpaired) electrons. The zero-order valence-electron chi connectivity index (χ0n) is 50.6. The Labute approximate surface area is 517 Å². The van der Waals surface area contributed by atoms with Crippen molar-refractivity contribution in [2.45, 2.75) is 121 Å². The molecule has 2 bridgehead atoms. The number of nitriles is 1. The highest BCUT2D eigenvalue weighted by atomic mass is 32.2. The zero-order chi connectivity index (χ0) is 62.1. The Morgan fingerprint density at radius 1 is 0.875 bits per heavy atom. The van der Waals surface area contributed by atoms with Crippen LogP contribution in [-0.2, 0) is 46.4 Å². The summed E-state index contributed by atoms with van der Waals surface area (Å²) in [5.41, 5.74) is 10.3. The van der Waals surface area contributed by atoms with Crippen LogP contribution in [0.2, 0.25) is 0 Å². The molecule has 1 aliphatic carbocycles. The molecule has 4 aliphatic heterocycles. The number of nitrogens with zero attached hydrogens (tertiary/aromatic N) is 8. The van der Waals surface area contributed by atoms with Gasteiger partial charge in [0.05, 0.1) is 94.5 Å². The number of nitrogens with two attached hydrogens (primary N) is 1. The van der Waals surface area contributed by atoms with Gasteiger partial charge in [0.2, 0.25) is 17.7 Å². The Kier molecular flexibility index (Phi) is 23.8. The highest BCUT2D eigenvalue weighted by Gasteiger charge is 2.43. The zero-order valence-corrected chi connectivity index (χ0v) is 51.4. The minimum absolute atomic E-state index is 0.0359. The molecule has 25 heteroatoms. The van der Waals surface area contributed by atoms with E-state index in [0.717, 1.165) is 63.1 Å². The fraction of sp³-hybridized carbons (Fsp3) is 0.571. The highest BCUT2D eigenvalue weighted by molar-refractivity contribution is 8.14. The number of thioether (sulfide) groups is 1.